The van der Waals surface area contributed by atoms with Crippen LogP contribution in [-0.4, -0.2) is 37.7 Å². The molecule has 1 aliphatic heterocycles. The molecule has 0 unspecified atom stereocenters. The van der Waals surface area contributed by atoms with Crippen LogP contribution in [-0.2, 0) is 0 Å². The van der Waals surface area contributed by atoms with E-state index in [9.17, 15) is 4.79 Å². The molecule has 1 amide bonds. The molecule has 17 heavy (non-hydrogen) atoms. The van der Waals surface area contributed by atoms with Gasteiger partial charge in [0.1, 0.15) is 0 Å². The second-order valence-corrected chi connectivity index (χ2v) is 5.50. The predicted octanol–water partition coefficient (Wildman–Crippen LogP) is 2.46. The van der Waals surface area contributed by atoms with Gasteiger partial charge in [0.2, 0.25) is 7.85 Å². The Morgan fingerprint density at radius 3 is 2.41 bits per heavy atom. The lowest BCUT2D eigenvalue weighted by Crippen LogP contribution is -2.41. The first-order chi connectivity index (χ1) is 8.15. The van der Waals surface area contributed by atoms with Gasteiger partial charge in [0.05, 0.1) is 0 Å². The summed E-state index contributed by atoms with van der Waals surface area (Å²) < 4.78 is 1.23. The maximum Gasteiger partial charge on any atom is 0.200 e. The van der Waals surface area contributed by atoms with Crippen molar-refractivity contribution in [2.45, 2.75) is 18.9 Å². The minimum Gasteiger partial charge on any atom is -0.382 e. The van der Waals surface area contributed by atoms with Gasteiger partial charge in [0.25, 0.3) is 0 Å². The third-order valence-electron chi connectivity index (χ3n) is 3.02. The van der Waals surface area contributed by atoms with E-state index in [0.717, 1.165) is 31.6 Å². The van der Waals surface area contributed by atoms with Crippen molar-refractivity contribution in [1.82, 2.24) is 4.90 Å². The van der Waals surface area contributed by atoms with E-state index in [-0.39, 0.29) is 5.81 Å². The highest BCUT2D eigenvalue weighted by Gasteiger charge is 2.19. The molecule has 1 aromatic rings. The summed E-state index contributed by atoms with van der Waals surface area (Å²) in [7, 11) is 5.25. The fourth-order valence-electron chi connectivity index (χ4n) is 2.03. The number of anilines is 1. The van der Waals surface area contributed by atoms with Gasteiger partial charge < -0.3 is 10.2 Å². The number of likely N-dealkylation sites (tertiary alicyclic amines) is 1. The Labute approximate surface area is 117 Å². The highest BCUT2D eigenvalue weighted by molar-refractivity contribution is 14.1. The van der Waals surface area contributed by atoms with Gasteiger partial charge in [-0.15, -0.1) is 0 Å². The number of nitrogens with one attached hydrogen (secondary N) is 1. The first-order valence-corrected chi connectivity index (χ1v) is 6.79. The third kappa shape index (κ3) is 3.62. The zero-order chi connectivity index (χ0) is 12.3. The molecular weight excluding hydrogens is 326 g/mol. The van der Waals surface area contributed by atoms with Gasteiger partial charge in [-0.1, -0.05) is 0 Å². The summed E-state index contributed by atoms with van der Waals surface area (Å²) in [5.74, 6) is -0.308. The van der Waals surface area contributed by atoms with Crippen LogP contribution in [0.25, 0.3) is 0 Å². The topological polar surface area (TPSA) is 32.3 Å². The largest absolute Gasteiger partial charge is 0.382 e. The number of piperidine rings is 1. The molecule has 1 fully saturated rings. The number of benzene rings is 1. The van der Waals surface area contributed by atoms with Crippen molar-refractivity contribution in [1.29, 1.82) is 0 Å². The zero-order valence-corrected chi connectivity index (χ0v) is 11.7. The quantitative estimate of drug-likeness (QED) is 0.663. The molecule has 88 valence electrons. The predicted molar refractivity (Wildman–Crippen MR) is 78.5 cm³/mol. The van der Waals surface area contributed by atoms with Crippen molar-refractivity contribution < 1.29 is 4.79 Å². The lowest BCUT2D eigenvalue weighted by molar-refractivity contribution is 0.206. The molecule has 0 atom stereocenters. The van der Waals surface area contributed by atoms with Crippen molar-refractivity contribution in [3.8, 4) is 0 Å². The molecule has 2 rings (SSSR count). The Morgan fingerprint density at radius 2 is 1.88 bits per heavy atom. The van der Waals surface area contributed by atoms with Crippen LogP contribution in [0.4, 0.5) is 10.5 Å². The molecule has 5 heteroatoms. The monoisotopic (exact) mass is 340 g/mol. The molecule has 0 aliphatic carbocycles. The van der Waals surface area contributed by atoms with Gasteiger partial charge in [-0.05, 0) is 59.7 Å². The normalized spacial score (nSPS) is 16.9. The number of halogens is 1. The molecule has 0 aromatic heterocycles. The Bertz CT molecular complexity index is 388. The second kappa shape index (κ2) is 5.75. The molecule has 2 radical (unpaired) electrons. The standard InChI is InChI=1S/C12H14BIN2O/c13-12(17)16-7-5-11(6-8-16)15-10-3-1-9(14)2-4-10/h1-4,11,15H,5-8H2. The van der Waals surface area contributed by atoms with E-state index >= 15 is 0 Å². The van der Waals surface area contributed by atoms with Gasteiger partial charge in [-0.3, -0.25) is 4.79 Å². The van der Waals surface area contributed by atoms with Gasteiger partial charge >= 0.3 is 0 Å². The maximum atomic E-state index is 11.0. The van der Waals surface area contributed by atoms with E-state index in [2.05, 4.69) is 52.2 Å². The summed E-state index contributed by atoms with van der Waals surface area (Å²) >= 11 is 2.29. The number of amides is 1. The molecule has 0 saturated carbocycles. The number of rotatable bonds is 2. The van der Waals surface area contributed by atoms with Crippen LogP contribution in [0, 0.1) is 3.57 Å². The van der Waals surface area contributed by atoms with Crippen molar-refractivity contribution in [3.05, 3.63) is 27.8 Å². The smallest absolute Gasteiger partial charge is 0.200 e. The van der Waals surface area contributed by atoms with Crippen molar-refractivity contribution >= 4 is 41.9 Å². The van der Waals surface area contributed by atoms with E-state index in [1.54, 1.807) is 4.90 Å². The summed E-state index contributed by atoms with van der Waals surface area (Å²) in [5, 5.41) is 3.49. The highest BCUT2D eigenvalue weighted by Crippen LogP contribution is 2.17. The SMILES string of the molecule is [B]C(=O)N1CCC(Nc2ccc(I)cc2)CC1. The number of hydrogen-bond donors (Lipinski definition) is 1. The Hall–Kier alpha value is -0.715. The number of nitrogens with zero attached hydrogens (tertiary/aromatic N) is 1. The first-order valence-electron chi connectivity index (χ1n) is 5.71. The van der Waals surface area contributed by atoms with Crippen LogP contribution in [0.1, 0.15) is 12.8 Å². The van der Waals surface area contributed by atoms with E-state index in [0.29, 0.717) is 6.04 Å². The summed E-state index contributed by atoms with van der Waals surface area (Å²) in [6.07, 6.45) is 1.91. The summed E-state index contributed by atoms with van der Waals surface area (Å²) in [5.41, 5.74) is 1.14. The van der Waals surface area contributed by atoms with E-state index in [1.165, 1.54) is 3.57 Å². The Balaban J connectivity index is 1.85. The summed E-state index contributed by atoms with van der Waals surface area (Å²) in [6, 6.07) is 8.78. The molecule has 1 aliphatic rings. The van der Waals surface area contributed by atoms with Crippen LogP contribution >= 0.6 is 22.6 Å². The van der Waals surface area contributed by atoms with Gasteiger partial charge in [-0.2, -0.15) is 0 Å². The Kier molecular flexibility index (Phi) is 4.31. The van der Waals surface area contributed by atoms with Crippen molar-refractivity contribution in [3.63, 3.8) is 0 Å². The fourth-order valence-corrected chi connectivity index (χ4v) is 2.39. The lowest BCUT2D eigenvalue weighted by Gasteiger charge is -2.32. The van der Waals surface area contributed by atoms with Crippen molar-refractivity contribution in [2.75, 3.05) is 18.4 Å². The zero-order valence-electron chi connectivity index (χ0n) is 9.53. The van der Waals surface area contributed by atoms with Crippen LogP contribution in [0.3, 0.4) is 0 Å². The first kappa shape index (κ1) is 12.7. The van der Waals surface area contributed by atoms with Gasteiger partial charge in [-0.25, -0.2) is 0 Å². The average molecular weight is 340 g/mol. The van der Waals surface area contributed by atoms with Gasteiger partial charge in [0.15, 0.2) is 5.81 Å². The van der Waals surface area contributed by atoms with Crippen LogP contribution in [0.2, 0.25) is 0 Å². The number of carbonyl (C=O) groups excluding carboxylic acids is 1. The fraction of sp³-hybridized carbons (Fsp3) is 0.417. The lowest BCUT2D eigenvalue weighted by atomic mass is 10.0. The van der Waals surface area contributed by atoms with Crippen LogP contribution in [0.5, 0.6) is 0 Å². The van der Waals surface area contributed by atoms with E-state index < -0.39 is 0 Å². The highest BCUT2D eigenvalue weighted by atomic mass is 127. The van der Waals surface area contributed by atoms with E-state index in [4.69, 9.17) is 7.85 Å². The minimum atomic E-state index is -0.308. The maximum absolute atomic E-state index is 11.0. The van der Waals surface area contributed by atoms with E-state index in [1.807, 2.05) is 0 Å². The molecule has 1 saturated heterocycles. The molecule has 1 N–H and O–H groups in total. The van der Waals surface area contributed by atoms with Gasteiger partial charge in [0, 0.05) is 28.4 Å². The number of hydrogen-bond acceptors (Lipinski definition) is 2. The third-order valence-corrected chi connectivity index (χ3v) is 3.74. The Morgan fingerprint density at radius 1 is 1.29 bits per heavy atom. The molecular formula is C12H14BIN2O. The van der Waals surface area contributed by atoms with Crippen molar-refractivity contribution in [2.24, 2.45) is 0 Å². The van der Waals surface area contributed by atoms with Crippen LogP contribution < -0.4 is 5.32 Å². The second-order valence-electron chi connectivity index (χ2n) is 4.25. The minimum absolute atomic E-state index is 0.308. The van der Waals surface area contributed by atoms with Crippen LogP contribution in [0.15, 0.2) is 24.3 Å². The average Bonchev–Trinajstić information content (AvgIpc) is 2.33. The number of carbonyl (C=O) groups is 1. The molecule has 0 spiro atoms. The summed E-state index contributed by atoms with van der Waals surface area (Å²) in [6.45, 7) is 1.49. The molecule has 1 aromatic carbocycles. The molecule has 1 heterocycles. The molecule has 3 nitrogen and oxygen atoms in total. The summed E-state index contributed by atoms with van der Waals surface area (Å²) in [4.78, 5) is 12.7. The molecule has 0 bridgehead atoms.